The van der Waals surface area contributed by atoms with Crippen molar-refractivity contribution in [1.82, 2.24) is 0 Å². The Labute approximate surface area is 115 Å². The van der Waals surface area contributed by atoms with E-state index in [1.54, 1.807) is 13.8 Å². The highest BCUT2D eigenvalue weighted by molar-refractivity contribution is 7.55. The number of amides is 1. The summed E-state index contributed by atoms with van der Waals surface area (Å²) >= 11 is 0. The number of hydrogen-bond acceptors (Lipinski definition) is 5. The molecule has 0 aromatic carbocycles. The van der Waals surface area contributed by atoms with E-state index in [9.17, 15) is 14.5 Å². The smallest absolute Gasteiger partial charge is 0.345 e. The minimum Gasteiger partial charge on any atom is -0.392 e. The molecule has 0 heterocycles. The monoisotopic (exact) mass is 295 g/mol. The minimum atomic E-state index is -3.73. The summed E-state index contributed by atoms with van der Waals surface area (Å²) in [5.41, 5.74) is 3.95. The molecule has 0 aromatic rings. The van der Waals surface area contributed by atoms with Crippen LogP contribution in [0.1, 0.15) is 40.5 Å². The third-order valence-corrected chi connectivity index (χ3v) is 5.17. The quantitative estimate of drug-likeness (QED) is 0.600. The van der Waals surface area contributed by atoms with E-state index in [4.69, 9.17) is 14.8 Å². The lowest BCUT2D eigenvalue weighted by molar-refractivity contribution is -0.120. The molecule has 0 fully saturated rings. The van der Waals surface area contributed by atoms with Gasteiger partial charge in [0, 0.05) is 0 Å². The van der Waals surface area contributed by atoms with E-state index >= 15 is 0 Å². The van der Waals surface area contributed by atoms with Crippen LogP contribution in [0, 0.1) is 5.92 Å². The highest BCUT2D eigenvalue weighted by atomic mass is 31.2. The van der Waals surface area contributed by atoms with Gasteiger partial charge in [-0.25, -0.2) is 0 Å². The fraction of sp³-hybridized carbons (Fsp3) is 0.917. The van der Waals surface area contributed by atoms with Crippen LogP contribution in [0.3, 0.4) is 0 Å². The topological polar surface area (TPSA) is 98.9 Å². The largest absolute Gasteiger partial charge is 0.392 e. The van der Waals surface area contributed by atoms with E-state index < -0.39 is 25.3 Å². The van der Waals surface area contributed by atoms with Crippen LogP contribution in [-0.2, 0) is 18.4 Å². The van der Waals surface area contributed by atoms with E-state index in [-0.39, 0.29) is 13.2 Å². The van der Waals surface area contributed by atoms with E-state index in [1.165, 1.54) is 0 Å². The number of aliphatic hydroxyl groups excluding tert-OH is 1. The Morgan fingerprint density at radius 2 is 1.68 bits per heavy atom. The Kier molecular flexibility index (Phi) is 8.50. The zero-order chi connectivity index (χ0) is 15.1. The van der Waals surface area contributed by atoms with Gasteiger partial charge >= 0.3 is 7.60 Å². The maximum atomic E-state index is 12.5. The molecule has 0 aliphatic rings. The van der Waals surface area contributed by atoms with Gasteiger partial charge in [0.15, 0.2) is 5.66 Å². The first kappa shape index (κ1) is 18.6. The Bertz CT molecular complexity index is 311. The van der Waals surface area contributed by atoms with Crippen LogP contribution in [0.25, 0.3) is 0 Å². The second-order valence-corrected chi connectivity index (χ2v) is 6.91. The molecule has 0 unspecified atom stereocenters. The molecule has 19 heavy (non-hydrogen) atoms. The molecular weight excluding hydrogens is 269 g/mol. The second-order valence-electron chi connectivity index (χ2n) is 4.76. The van der Waals surface area contributed by atoms with Crippen molar-refractivity contribution in [3.63, 3.8) is 0 Å². The summed E-state index contributed by atoms with van der Waals surface area (Å²) in [6.07, 6.45) is -0.0951. The fourth-order valence-corrected chi connectivity index (χ4v) is 3.77. The van der Waals surface area contributed by atoms with Gasteiger partial charge in [-0.1, -0.05) is 13.8 Å². The molecule has 0 radical (unpaired) electrons. The van der Waals surface area contributed by atoms with Gasteiger partial charge in [0.2, 0.25) is 5.91 Å². The molecule has 0 aliphatic heterocycles. The summed E-state index contributed by atoms with van der Waals surface area (Å²) in [6.45, 7) is 7.53. The van der Waals surface area contributed by atoms with Gasteiger partial charge in [0.05, 0.1) is 19.3 Å². The number of rotatable bonds is 10. The molecule has 2 atom stereocenters. The van der Waals surface area contributed by atoms with Crippen molar-refractivity contribution in [1.29, 1.82) is 0 Å². The van der Waals surface area contributed by atoms with Crippen molar-refractivity contribution >= 4 is 13.5 Å². The predicted octanol–water partition coefficient (Wildman–Crippen LogP) is 1.90. The summed E-state index contributed by atoms with van der Waals surface area (Å²) in [6, 6.07) is 0. The molecule has 0 saturated heterocycles. The minimum absolute atomic E-state index is 0.123. The molecule has 0 aliphatic carbocycles. The first-order valence-corrected chi connectivity index (χ1v) is 8.25. The van der Waals surface area contributed by atoms with E-state index in [0.717, 1.165) is 0 Å². The molecule has 6 nitrogen and oxygen atoms in total. The Morgan fingerprint density at radius 3 is 2.00 bits per heavy atom. The Hall–Kier alpha value is -0.420. The summed E-state index contributed by atoms with van der Waals surface area (Å²) in [4.78, 5) is 11.5. The molecule has 114 valence electrons. The van der Waals surface area contributed by atoms with Crippen LogP contribution in [0.4, 0.5) is 0 Å². The normalized spacial score (nSPS) is 15.5. The number of primary amides is 1. The first-order chi connectivity index (χ1) is 8.78. The van der Waals surface area contributed by atoms with Crippen LogP contribution in [0.15, 0.2) is 0 Å². The predicted molar refractivity (Wildman–Crippen MR) is 73.9 cm³/mol. The van der Waals surface area contributed by atoms with Gasteiger partial charge in [-0.05, 0) is 32.6 Å². The highest BCUT2D eigenvalue weighted by Crippen LogP contribution is 2.54. The average Bonchev–Trinajstić information content (AvgIpc) is 2.26. The molecule has 0 spiro atoms. The number of hydrogen-bond donors (Lipinski definition) is 2. The van der Waals surface area contributed by atoms with Crippen molar-refractivity contribution in [2.75, 3.05) is 13.2 Å². The van der Waals surface area contributed by atoms with Crippen LogP contribution in [0.2, 0.25) is 0 Å². The van der Waals surface area contributed by atoms with Gasteiger partial charge in [0.1, 0.15) is 0 Å². The van der Waals surface area contributed by atoms with Gasteiger partial charge in [0.25, 0.3) is 0 Å². The maximum absolute atomic E-state index is 12.5. The van der Waals surface area contributed by atoms with E-state index in [2.05, 4.69) is 0 Å². The molecule has 7 heteroatoms. The van der Waals surface area contributed by atoms with Gasteiger partial charge in [-0.3, -0.25) is 9.36 Å². The molecule has 1 amide bonds. The summed E-state index contributed by atoms with van der Waals surface area (Å²) < 4.78 is 22.7. The third kappa shape index (κ3) is 6.04. The molecule has 0 rings (SSSR count). The molecular formula is C12H26NO5P. The second kappa shape index (κ2) is 8.69. The number of aliphatic hydroxyl groups is 1. The number of carbonyl (C=O) groups is 1. The number of nitrogens with two attached hydrogens (primary N) is 1. The molecule has 3 N–H and O–H groups in total. The highest BCUT2D eigenvalue weighted by Gasteiger charge is 2.44. The SMILES string of the molecule is CCOP(=O)(OCC)[C@H](C(N)=O)[C@@H](O)CCC(C)C. The third-order valence-electron chi connectivity index (χ3n) is 2.65. The van der Waals surface area contributed by atoms with Crippen LogP contribution >= 0.6 is 7.60 Å². The first-order valence-electron chi connectivity index (χ1n) is 6.64. The standard InChI is InChI=1S/C12H26NO5P/c1-5-17-19(16,18-6-2)11(12(13)15)10(14)8-7-9(3)4/h9-11,14H,5-8H2,1-4H3,(H2,13,15)/t10-,11-/m0/s1. The van der Waals surface area contributed by atoms with E-state index in [1.807, 2.05) is 13.8 Å². The molecule has 0 aromatic heterocycles. The lowest BCUT2D eigenvalue weighted by atomic mass is 10.0. The van der Waals surface area contributed by atoms with Crippen LogP contribution in [-0.4, -0.2) is 36.0 Å². The number of carbonyl (C=O) groups excluding carboxylic acids is 1. The Morgan fingerprint density at radius 1 is 1.21 bits per heavy atom. The van der Waals surface area contributed by atoms with Gasteiger partial charge < -0.3 is 19.9 Å². The molecule has 0 bridgehead atoms. The van der Waals surface area contributed by atoms with Crippen molar-refractivity contribution in [2.24, 2.45) is 11.7 Å². The Balaban J connectivity index is 5.03. The lowest BCUT2D eigenvalue weighted by Gasteiger charge is -2.27. The van der Waals surface area contributed by atoms with Gasteiger partial charge in [-0.2, -0.15) is 0 Å². The van der Waals surface area contributed by atoms with Crippen LogP contribution < -0.4 is 5.73 Å². The average molecular weight is 295 g/mol. The van der Waals surface area contributed by atoms with Crippen molar-refractivity contribution in [2.45, 2.75) is 52.3 Å². The lowest BCUT2D eigenvalue weighted by Crippen LogP contribution is -2.40. The molecule has 0 saturated carbocycles. The van der Waals surface area contributed by atoms with Gasteiger partial charge in [-0.15, -0.1) is 0 Å². The van der Waals surface area contributed by atoms with E-state index in [0.29, 0.717) is 18.8 Å². The summed E-state index contributed by atoms with van der Waals surface area (Å²) in [7, 11) is -3.73. The fourth-order valence-electron chi connectivity index (χ4n) is 1.78. The van der Waals surface area contributed by atoms with Crippen molar-refractivity contribution in [3.8, 4) is 0 Å². The maximum Gasteiger partial charge on any atom is 0.345 e. The summed E-state index contributed by atoms with van der Waals surface area (Å²) in [5.74, 6) is -0.497. The van der Waals surface area contributed by atoms with Crippen molar-refractivity contribution in [3.05, 3.63) is 0 Å². The zero-order valence-electron chi connectivity index (χ0n) is 12.2. The zero-order valence-corrected chi connectivity index (χ0v) is 13.1. The summed E-state index contributed by atoms with van der Waals surface area (Å²) in [5, 5.41) is 10.1. The van der Waals surface area contributed by atoms with Crippen LogP contribution in [0.5, 0.6) is 0 Å². The van der Waals surface area contributed by atoms with Crippen molar-refractivity contribution < 1.29 is 23.5 Å².